The van der Waals surface area contributed by atoms with Gasteiger partial charge in [0, 0.05) is 11.9 Å². The van der Waals surface area contributed by atoms with Crippen LogP contribution in [0.4, 0.5) is 10.8 Å². The van der Waals surface area contributed by atoms with Gasteiger partial charge in [-0.3, -0.25) is 4.79 Å². The van der Waals surface area contributed by atoms with Crippen LogP contribution in [0.15, 0.2) is 89.7 Å². The number of carbonyl (C=O) groups is 1. The van der Waals surface area contributed by atoms with E-state index in [4.69, 9.17) is 9.15 Å². The van der Waals surface area contributed by atoms with Crippen LogP contribution in [0.25, 0.3) is 10.2 Å². The van der Waals surface area contributed by atoms with Crippen molar-refractivity contribution in [2.24, 2.45) is 0 Å². The molecule has 32 heavy (non-hydrogen) atoms. The van der Waals surface area contributed by atoms with E-state index in [1.807, 2.05) is 48.5 Å². The largest absolute Gasteiger partial charge is 0.467 e. The topological polar surface area (TPSA) is 89.3 Å². The molecular weight excluding hydrogens is 424 g/mol. The number of pyridine rings is 1. The minimum absolute atomic E-state index is 0.233. The highest BCUT2D eigenvalue weighted by atomic mass is 32.1. The van der Waals surface area contributed by atoms with Gasteiger partial charge in [-0.05, 0) is 60.7 Å². The van der Waals surface area contributed by atoms with Crippen molar-refractivity contribution in [3.05, 3.63) is 96.6 Å². The molecule has 0 bridgehead atoms. The second-order valence-electron chi connectivity index (χ2n) is 6.86. The van der Waals surface area contributed by atoms with Gasteiger partial charge in [-0.15, -0.1) is 0 Å². The van der Waals surface area contributed by atoms with Crippen LogP contribution in [-0.2, 0) is 6.54 Å². The summed E-state index contributed by atoms with van der Waals surface area (Å²) in [6.07, 6.45) is 3.15. The van der Waals surface area contributed by atoms with Gasteiger partial charge < -0.3 is 19.8 Å². The Kier molecular flexibility index (Phi) is 5.50. The van der Waals surface area contributed by atoms with Crippen LogP contribution in [0, 0.1) is 0 Å². The first-order chi connectivity index (χ1) is 15.7. The molecule has 0 unspecified atom stereocenters. The molecule has 1 amide bonds. The molecule has 0 aliphatic heterocycles. The summed E-state index contributed by atoms with van der Waals surface area (Å²) in [5.41, 5.74) is 2.19. The first kappa shape index (κ1) is 19.8. The predicted octanol–water partition coefficient (Wildman–Crippen LogP) is 5.75. The maximum absolute atomic E-state index is 12.6. The van der Waals surface area contributed by atoms with Crippen molar-refractivity contribution in [3.8, 4) is 11.6 Å². The van der Waals surface area contributed by atoms with Crippen molar-refractivity contribution >= 4 is 38.3 Å². The van der Waals surface area contributed by atoms with E-state index in [0.29, 0.717) is 17.1 Å². The second-order valence-corrected chi connectivity index (χ2v) is 7.89. The first-order valence-corrected chi connectivity index (χ1v) is 10.7. The standard InChI is InChI=1S/C24H18N4O3S/c29-22(26-15-18-5-4-14-30-18)19-6-3-13-25-23(19)31-17-11-9-16(10-12-17)27-24-28-20-7-1-2-8-21(20)32-24/h1-14H,15H2,(H,26,29)(H,27,28). The Bertz CT molecular complexity index is 1310. The van der Waals surface area contributed by atoms with Crippen molar-refractivity contribution in [3.63, 3.8) is 0 Å². The van der Waals surface area contributed by atoms with Gasteiger partial charge in [-0.1, -0.05) is 23.5 Å². The van der Waals surface area contributed by atoms with Crippen molar-refractivity contribution in [1.29, 1.82) is 0 Å². The van der Waals surface area contributed by atoms with Crippen molar-refractivity contribution in [2.75, 3.05) is 5.32 Å². The lowest BCUT2D eigenvalue weighted by atomic mass is 10.2. The van der Waals surface area contributed by atoms with E-state index in [1.54, 1.807) is 48.1 Å². The number of benzene rings is 2. The number of amides is 1. The normalized spacial score (nSPS) is 10.8. The lowest BCUT2D eigenvalue weighted by Crippen LogP contribution is -2.23. The maximum atomic E-state index is 12.6. The predicted molar refractivity (Wildman–Crippen MR) is 124 cm³/mol. The number of carbonyl (C=O) groups excluding carboxylic acids is 1. The molecule has 0 aliphatic carbocycles. The number of fused-ring (bicyclic) bond motifs is 1. The molecule has 158 valence electrons. The van der Waals surface area contributed by atoms with Crippen molar-refractivity contribution < 1.29 is 13.9 Å². The average molecular weight is 443 g/mol. The van der Waals surface area contributed by atoms with Gasteiger partial charge >= 0.3 is 0 Å². The van der Waals surface area contributed by atoms with Crippen LogP contribution in [0.1, 0.15) is 16.1 Å². The van der Waals surface area contributed by atoms with Crippen LogP contribution >= 0.6 is 11.3 Å². The van der Waals surface area contributed by atoms with E-state index in [0.717, 1.165) is 21.0 Å². The SMILES string of the molecule is O=C(NCc1ccco1)c1cccnc1Oc1ccc(Nc2nc3ccccc3s2)cc1. The Hall–Kier alpha value is -4.17. The molecule has 0 fully saturated rings. The first-order valence-electron chi connectivity index (χ1n) is 9.91. The summed E-state index contributed by atoms with van der Waals surface area (Å²) in [4.78, 5) is 21.4. The zero-order chi connectivity index (χ0) is 21.8. The summed E-state index contributed by atoms with van der Waals surface area (Å²) in [7, 11) is 0. The highest BCUT2D eigenvalue weighted by Crippen LogP contribution is 2.29. The van der Waals surface area contributed by atoms with Crippen LogP contribution in [0.2, 0.25) is 0 Å². The smallest absolute Gasteiger partial charge is 0.257 e. The molecule has 5 rings (SSSR count). The van der Waals surface area contributed by atoms with Crippen molar-refractivity contribution in [1.82, 2.24) is 15.3 Å². The van der Waals surface area contributed by atoms with Crippen LogP contribution in [0.3, 0.4) is 0 Å². The van der Waals surface area contributed by atoms with Crippen LogP contribution < -0.4 is 15.4 Å². The lowest BCUT2D eigenvalue weighted by Gasteiger charge is -2.10. The van der Waals surface area contributed by atoms with E-state index in [2.05, 4.69) is 20.6 Å². The quantitative estimate of drug-likeness (QED) is 0.334. The highest BCUT2D eigenvalue weighted by Gasteiger charge is 2.14. The highest BCUT2D eigenvalue weighted by molar-refractivity contribution is 7.22. The molecule has 8 heteroatoms. The lowest BCUT2D eigenvalue weighted by molar-refractivity contribution is 0.0945. The summed E-state index contributed by atoms with van der Waals surface area (Å²) in [6.45, 7) is 0.284. The van der Waals surface area contributed by atoms with Gasteiger partial charge in [0.25, 0.3) is 5.91 Å². The molecule has 3 heterocycles. The van der Waals surface area contributed by atoms with Crippen molar-refractivity contribution in [2.45, 2.75) is 6.54 Å². The fourth-order valence-electron chi connectivity index (χ4n) is 3.09. The minimum atomic E-state index is -0.293. The summed E-state index contributed by atoms with van der Waals surface area (Å²) in [5, 5.41) is 6.93. The fraction of sp³-hybridized carbons (Fsp3) is 0.0417. The summed E-state index contributed by atoms with van der Waals surface area (Å²) in [6, 6.07) is 22.3. The molecule has 0 aliphatic rings. The molecule has 2 aromatic carbocycles. The molecule has 0 atom stereocenters. The van der Waals surface area contributed by atoms with E-state index < -0.39 is 0 Å². The molecule has 0 radical (unpaired) electrons. The Morgan fingerprint density at radius 3 is 2.69 bits per heavy atom. The average Bonchev–Trinajstić information content (AvgIpc) is 3.48. The third-order valence-electron chi connectivity index (χ3n) is 4.63. The zero-order valence-corrected chi connectivity index (χ0v) is 17.6. The van der Waals surface area contributed by atoms with E-state index >= 15 is 0 Å². The second kappa shape index (κ2) is 8.91. The maximum Gasteiger partial charge on any atom is 0.257 e. The minimum Gasteiger partial charge on any atom is -0.467 e. The van der Waals surface area contributed by atoms with Gasteiger partial charge in [-0.2, -0.15) is 0 Å². The van der Waals surface area contributed by atoms with E-state index in [1.165, 1.54) is 0 Å². The monoisotopic (exact) mass is 442 g/mol. The molecular formula is C24H18N4O3S. The van der Waals surface area contributed by atoms with Gasteiger partial charge in [0.1, 0.15) is 17.1 Å². The number of thiazole rings is 1. The zero-order valence-electron chi connectivity index (χ0n) is 16.8. The van der Waals surface area contributed by atoms with E-state index in [-0.39, 0.29) is 18.3 Å². The number of hydrogen-bond acceptors (Lipinski definition) is 7. The number of furan rings is 1. The number of para-hydroxylation sites is 1. The molecule has 3 aromatic heterocycles. The number of anilines is 2. The Morgan fingerprint density at radius 1 is 1.00 bits per heavy atom. The number of nitrogens with one attached hydrogen (secondary N) is 2. The fourth-order valence-corrected chi connectivity index (χ4v) is 3.97. The number of nitrogens with zero attached hydrogens (tertiary/aromatic N) is 2. The Morgan fingerprint density at radius 2 is 1.88 bits per heavy atom. The van der Waals surface area contributed by atoms with Gasteiger partial charge in [0.2, 0.25) is 5.88 Å². The Labute approximate surface area is 187 Å². The number of ether oxygens (including phenoxy) is 1. The molecule has 7 nitrogen and oxygen atoms in total. The summed E-state index contributed by atoms with van der Waals surface area (Å²) in [5.74, 6) is 1.18. The molecule has 5 aromatic rings. The molecule has 0 saturated carbocycles. The number of aromatic nitrogens is 2. The van der Waals surface area contributed by atoms with Crippen LogP contribution in [0.5, 0.6) is 11.6 Å². The van der Waals surface area contributed by atoms with Gasteiger partial charge in [0.15, 0.2) is 5.13 Å². The number of hydrogen-bond donors (Lipinski definition) is 2. The van der Waals surface area contributed by atoms with Gasteiger partial charge in [-0.25, -0.2) is 9.97 Å². The molecule has 0 spiro atoms. The van der Waals surface area contributed by atoms with Gasteiger partial charge in [0.05, 0.1) is 23.0 Å². The summed E-state index contributed by atoms with van der Waals surface area (Å²) >= 11 is 1.59. The van der Waals surface area contributed by atoms with Crippen LogP contribution in [-0.4, -0.2) is 15.9 Å². The molecule has 2 N–H and O–H groups in total. The Balaban J connectivity index is 1.26. The summed E-state index contributed by atoms with van der Waals surface area (Å²) < 4.78 is 12.3. The van der Waals surface area contributed by atoms with E-state index in [9.17, 15) is 4.79 Å². The third-order valence-corrected chi connectivity index (χ3v) is 5.58. The number of rotatable bonds is 7. The third kappa shape index (κ3) is 4.45. The molecule has 0 saturated heterocycles.